The van der Waals surface area contributed by atoms with E-state index in [1.165, 1.54) is 0 Å². The molecule has 3 rings (SSSR count). The van der Waals surface area contributed by atoms with E-state index in [1.807, 2.05) is 37.5 Å². The quantitative estimate of drug-likeness (QED) is 0.627. The molecular weight excluding hydrogens is 332 g/mol. The number of hydrogen-bond donors (Lipinski definition) is 1. The number of ether oxygens (including phenoxy) is 2. The van der Waals surface area contributed by atoms with Crippen LogP contribution in [0.3, 0.4) is 0 Å². The van der Waals surface area contributed by atoms with Gasteiger partial charge >= 0.3 is 0 Å². The molecule has 0 saturated carbocycles. The summed E-state index contributed by atoms with van der Waals surface area (Å²) < 4.78 is 12.4. The summed E-state index contributed by atoms with van der Waals surface area (Å²) >= 11 is 0. The van der Waals surface area contributed by atoms with E-state index in [0.717, 1.165) is 29.7 Å². The van der Waals surface area contributed by atoms with Gasteiger partial charge in [-0.3, -0.25) is 4.79 Å². The van der Waals surface area contributed by atoms with Crippen molar-refractivity contribution in [2.45, 2.75) is 19.8 Å². The summed E-state index contributed by atoms with van der Waals surface area (Å²) in [5, 5.41) is 7.21. The van der Waals surface area contributed by atoms with E-state index in [9.17, 15) is 4.79 Å². The first-order valence-electron chi connectivity index (χ1n) is 8.48. The number of fused-ring (bicyclic) bond motifs is 1. The monoisotopic (exact) mass is 354 g/mol. The average Bonchev–Trinajstić information content (AvgIpc) is 3.03. The molecule has 0 spiro atoms. The Morgan fingerprint density at radius 2 is 2.12 bits per heavy atom. The van der Waals surface area contributed by atoms with Crippen molar-refractivity contribution in [2.24, 2.45) is 0 Å². The van der Waals surface area contributed by atoms with E-state index in [-0.39, 0.29) is 12.5 Å². The summed E-state index contributed by atoms with van der Waals surface area (Å²) in [6.07, 6.45) is 5.46. The third kappa shape index (κ3) is 4.72. The number of methoxy groups -OCH3 is 1. The molecule has 3 aromatic rings. The Labute approximate surface area is 152 Å². The van der Waals surface area contributed by atoms with Gasteiger partial charge in [-0.2, -0.15) is 5.10 Å². The van der Waals surface area contributed by atoms with Crippen LogP contribution in [0, 0.1) is 6.92 Å². The number of amides is 1. The van der Waals surface area contributed by atoms with Crippen molar-refractivity contribution in [3.63, 3.8) is 0 Å². The Bertz CT molecular complexity index is 891. The molecule has 1 amide bonds. The van der Waals surface area contributed by atoms with Crippen molar-refractivity contribution in [2.75, 3.05) is 20.3 Å². The zero-order valence-electron chi connectivity index (χ0n) is 14.9. The Balaban J connectivity index is 1.39. The molecule has 0 bridgehead atoms. The number of aryl methyl sites for hydroxylation is 2. The van der Waals surface area contributed by atoms with E-state index in [2.05, 4.69) is 15.4 Å². The van der Waals surface area contributed by atoms with E-state index >= 15 is 0 Å². The highest BCUT2D eigenvalue weighted by molar-refractivity contribution is 5.77. The number of aromatic nitrogens is 3. The summed E-state index contributed by atoms with van der Waals surface area (Å²) in [5.41, 5.74) is 2.87. The van der Waals surface area contributed by atoms with E-state index in [0.29, 0.717) is 18.0 Å². The summed E-state index contributed by atoms with van der Waals surface area (Å²) in [5.74, 6) is 1.15. The number of rotatable bonds is 8. The number of nitrogens with zero attached hydrogens (tertiary/aromatic N) is 3. The number of carbonyl (C=O) groups excluding carboxylic acids is 1. The Kier molecular flexibility index (Phi) is 5.68. The van der Waals surface area contributed by atoms with E-state index in [4.69, 9.17) is 9.47 Å². The minimum Gasteiger partial charge on any atom is -0.497 e. The van der Waals surface area contributed by atoms with Gasteiger partial charge in [0.25, 0.3) is 5.91 Å². The predicted molar refractivity (Wildman–Crippen MR) is 97.5 cm³/mol. The SMILES string of the molecule is COc1cccc(OCC(=O)NCCCc2cnc3cc(C)nn3c2)c1. The van der Waals surface area contributed by atoms with Crippen molar-refractivity contribution < 1.29 is 14.3 Å². The minimum absolute atomic E-state index is 0.0206. The molecular formula is C19H22N4O3. The third-order valence-corrected chi connectivity index (χ3v) is 3.86. The Morgan fingerprint density at radius 3 is 2.96 bits per heavy atom. The van der Waals surface area contributed by atoms with Crippen LogP contribution in [0.25, 0.3) is 5.65 Å². The molecule has 0 aliphatic carbocycles. The zero-order valence-corrected chi connectivity index (χ0v) is 14.9. The predicted octanol–water partition coefficient (Wildman–Crippen LogP) is 2.17. The fraction of sp³-hybridized carbons (Fsp3) is 0.316. The first-order valence-corrected chi connectivity index (χ1v) is 8.48. The molecule has 136 valence electrons. The van der Waals surface area contributed by atoms with Crippen molar-refractivity contribution in [3.05, 3.63) is 54.0 Å². The Hall–Kier alpha value is -3.09. The second-order valence-electron chi connectivity index (χ2n) is 5.97. The topological polar surface area (TPSA) is 77.8 Å². The first-order chi connectivity index (χ1) is 12.6. The van der Waals surface area contributed by atoms with Gasteiger partial charge in [0, 0.05) is 31.1 Å². The zero-order chi connectivity index (χ0) is 18.4. The van der Waals surface area contributed by atoms with Gasteiger partial charge in [0.1, 0.15) is 11.5 Å². The standard InChI is InChI=1S/C19H22N4O3/c1-14-9-18-21-11-15(12-23(18)22-14)5-4-8-20-19(24)13-26-17-7-3-6-16(10-17)25-2/h3,6-7,9-12H,4-5,8,13H2,1-2H3,(H,20,24). The molecule has 0 radical (unpaired) electrons. The molecule has 7 nitrogen and oxygen atoms in total. The lowest BCUT2D eigenvalue weighted by molar-refractivity contribution is -0.123. The fourth-order valence-corrected chi connectivity index (χ4v) is 2.57. The maximum Gasteiger partial charge on any atom is 0.257 e. The second-order valence-corrected chi connectivity index (χ2v) is 5.97. The number of hydrogen-bond acceptors (Lipinski definition) is 5. The van der Waals surface area contributed by atoms with E-state index < -0.39 is 0 Å². The summed E-state index contributed by atoms with van der Waals surface area (Å²) in [4.78, 5) is 16.2. The van der Waals surface area contributed by atoms with Crippen molar-refractivity contribution in [1.29, 1.82) is 0 Å². The van der Waals surface area contributed by atoms with Crippen LogP contribution in [0.2, 0.25) is 0 Å². The van der Waals surface area contributed by atoms with Crippen LogP contribution in [0.15, 0.2) is 42.7 Å². The van der Waals surface area contributed by atoms with Crippen molar-refractivity contribution in [3.8, 4) is 11.5 Å². The Morgan fingerprint density at radius 1 is 1.27 bits per heavy atom. The normalized spacial score (nSPS) is 10.7. The molecule has 1 aromatic carbocycles. The average molecular weight is 354 g/mol. The third-order valence-electron chi connectivity index (χ3n) is 3.86. The highest BCUT2D eigenvalue weighted by atomic mass is 16.5. The molecule has 0 aliphatic heterocycles. The molecule has 7 heteroatoms. The lowest BCUT2D eigenvalue weighted by Gasteiger charge is -2.08. The maximum atomic E-state index is 11.9. The van der Waals surface area contributed by atoms with Crippen LogP contribution < -0.4 is 14.8 Å². The number of carbonyl (C=O) groups is 1. The summed E-state index contributed by atoms with van der Waals surface area (Å²) in [6.45, 7) is 2.50. The van der Waals surface area contributed by atoms with Gasteiger partial charge < -0.3 is 14.8 Å². The largest absolute Gasteiger partial charge is 0.497 e. The molecule has 2 aromatic heterocycles. The van der Waals surface area contributed by atoms with Crippen LogP contribution in [-0.2, 0) is 11.2 Å². The molecule has 2 heterocycles. The van der Waals surface area contributed by atoms with Crippen LogP contribution in [0.5, 0.6) is 11.5 Å². The van der Waals surface area contributed by atoms with E-state index in [1.54, 1.807) is 23.8 Å². The number of nitrogens with one attached hydrogen (secondary N) is 1. The van der Waals surface area contributed by atoms with Gasteiger partial charge in [-0.15, -0.1) is 0 Å². The smallest absolute Gasteiger partial charge is 0.257 e. The molecule has 0 fully saturated rings. The van der Waals surface area contributed by atoms with Crippen molar-refractivity contribution in [1.82, 2.24) is 19.9 Å². The van der Waals surface area contributed by atoms with Gasteiger partial charge in [0.2, 0.25) is 0 Å². The van der Waals surface area contributed by atoms with Gasteiger partial charge in [-0.25, -0.2) is 9.50 Å². The lowest BCUT2D eigenvalue weighted by atomic mass is 10.2. The van der Waals surface area contributed by atoms with Crippen molar-refractivity contribution >= 4 is 11.6 Å². The highest BCUT2D eigenvalue weighted by Gasteiger charge is 2.04. The van der Waals surface area contributed by atoms with Gasteiger partial charge in [-0.05, 0) is 37.5 Å². The van der Waals surface area contributed by atoms with Gasteiger partial charge in [0.05, 0.1) is 12.8 Å². The molecule has 26 heavy (non-hydrogen) atoms. The van der Waals surface area contributed by atoms with Crippen LogP contribution in [0.4, 0.5) is 0 Å². The molecule has 0 atom stereocenters. The van der Waals surface area contributed by atoms with Crippen LogP contribution in [-0.4, -0.2) is 40.8 Å². The van der Waals surface area contributed by atoms with Crippen LogP contribution in [0.1, 0.15) is 17.7 Å². The van der Waals surface area contributed by atoms with Crippen LogP contribution >= 0.6 is 0 Å². The van der Waals surface area contributed by atoms with Gasteiger partial charge in [0.15, 0.2) is 12.3 Å². The maximum absolute atomic E-state index is 11.9. The molecule has 1 N–H and O–H groups in total. The molecule has 0 saturated heterocycles. The highest BCUT2D eigenvalue weighted by Crippen LogP contribution is 2.18. The lowest BCUT2D eigenvalue weighted by Crippen LogP contribution is -2.29. The fourth-order valence-electron chi connectivity index (χ4n) is 2.57. The summed E-state index contributed by atoms with van der Waals surface area (Å²) in [6, 6.07) is 9.11. The minimum atomic E-state index is -0.149. The molecule has 0 unspecified atom stereocenters. The summed E-state index contributed by atoms with van der Waals surface area (Å²) in [7, 11) is 1.59. The number of benzene rings is 1. The molecule has 0 aliphatic rings. The second kappa shape index (κ2) is 8.33. The first kappa shape index (κ1) is 17.7. The van der Waals surface area contributed by atoms with Gasteiger partial charge in [-0.1, -0.05) is 6.07 Å².